The zero-order chi connectivity index (χ0) is 27.4. The Kier molecular flexibility index (Phi) is 30.2. The van der Waals surface area contributed by atoms with E-state index >= 15 is 0 Å². The monoisotopic (exact) mass is 980 g/mol. The largest absolute Gasteiger partial charge is 0.667 e. The van der Waals surface area contributed by atoms with E-state index in [0.717, 1.165) is 5.56 Å². The van der Waals surface area contributed by atoms with Gasteiger partial charge in [-0.25, -0.2) is 8.42 Å². The number of guanidine groups is 1. The molecule has 2 aromatic rings. The van der Waals surface area contributed by atoms with Crippen LogP contribution >= 0.6 is 0 Å². The Morgan fingerprint density at radius 3 is 2.11 bits per heavy atom. The van der Waals surface area contributed by atoms with Gasteiger partial charge in [0.2, 0.25) is 5.91 Å². The first-order valence-electron chi connectivity index (χ1n) is 9.61. The molecule has 1 amide bonds. The van der Waals surface area contributed by atoms with Gasteiger partial charge in [-0.3, -0.25) is 13.9 Å². The number of aryl methyl sites for hydroxylation is 1. The smallest absolute Gasteiger partial charge is 0.261 e. The molecule has 0 heterocycles. The molecule has 0 aliphatic rings. The van der Waals surface area contributed by atoms with E-state index in [-0.39, 0.29) is 99.4 Å². The Balaban J connectivity index is -0.000000633. The van der Waals surface area contributed by atoms with Crippen LogP contribution in [-0.4, -0.2) is 40.0 Å². The number of nitrogens with zero attached hydrogens (tertiary/aromatic N) is 1. The fraction of sp³-hybridized carbons (Fsp3) is 0.300. The van der Waals surface area contributed by atoms with Crippen LogP contribution in [0, 0.1) is 95.0 Å². The van der Waals surface area contributed by atoms with Gasteiger partial charge in [-0.1, -0.05) is 36.7 Å². The molecule has 0 saturated carbocycles. The summed E-state index contributed by atoms with van der Waals surface area (Å²) in [6, 6.07) is 11.7. The molecule has 0 unspecified atom stereocenters. The maximum absolute atomic E-state index is 12.5. The van der Waals surface area contributed by atoms with Gasteiger partial charge < -0.3 is 27.5 Å². The summed E-state index contributed by atoms with van der Waals surface area (Å²) in [5.74, 6) is -0.904. The average molecular weight is 981 g/mol. The van der Waals surface area contributed by atoms with E-state index in [1.165, 1.54) is 18.2 Å². The second kappa shape index (κ2) is 25.7. The van der Waals surface area contributed by atoms with Crippen LogP contribution in [0.25, 0.3) is 11.1 Å². The molecule has 0 spiro atoms. The number of rotatable bonds is 9. The van der Waals surface area contributed by atoms with Crippen molar-refractivity contribution < 1.29 is 124 Å². The summed E-state index contributed by atoms with van der Waals surface area (Å²) in [6.45, 7) is 2.12. The molecule has 9 nitrogen and oxygen atoms in total. The fourth-order valence-corrected chi connectivity index (χ4v) is 3.58. The van der Waals surface area contributed by atoms with Gasteiger partial charge in [0, 0.05) is 118 Å². The van der Waals surface area contributed by atoms with Gasteiger partial charge in [0.15, 0.2) is 0 Å². The van der Waals surface area contributed by atoms with E-state index in [2.05, 4.69) is 15.4 Å². The number of carbonyl (C=O) groups excluding carboxylic acids is 1. The Morgan fingerprint density at radius 2 is 1.59 bits per heavy atom. The number of hydrogen-bond acceptors (Lipinski definition) is 3. The first kappa shape index (κ1) is 43.5. The van der Waals surface area contributed by atoms with Gasteiger partial charge in [-0.05, 0) is 49.7 Å². The van der Waals surface area contributed by atoms with Crippen LogP contribution in [0.2, 0.25) is 0 Å². The minimum atomic E-state index is -3.75. The molecule has 0 aromatic heterocycles. The Hall–Kier alpha value is -0.577. The number of nitrogens with two attached hydrogens (primary N) is 1. The predicted molar refractivity (Wildman–Crippen MR) is 126 cm³/mol. The summed E-state index contributed by atoms with van der Waals surface area (Å²) in [5.41, 5.74) is 14.5. The van der Waals surface area contributed by atoms with Gasteiger partial charge in [-0.2, -0.15) is 0 Å². The number of benzene rings is 2. The second-order valence-corrected chi connectivity index (χ2v) is 8.13. The average Bonchev–Trinajstić information content (AvgIpc) is 2.87. The van der Waals surface area contributed by atoms with E-state index in [9.17, 15) is 17.6 Å². The van der Waals surface area contributed by atoms with Gasteiger partial charge in [0.25, 0.3) is 10.0 Å². The van der Waals surface area contributed by atoms with E-state index in [4.69, 9.17) is 35.2 Å². The maximum atomic E-state index is 12.5. The molecule has 1 atom stereocenters. The fourth-order valence-electron chi connectivity index (χ4n) is 2.51. The summed E-state index contributed by atoms with van der Waals surface area (Å²) < 4.78 is 68.9. The summed E-state index contributed by atoms with van der Waals surface area (Å²) in [6.07, 6.45) is 0.740. The van der Waals surface area contributed by atoms with E-state index < -0.39 is 27.9 Å². The quantitative estimate of drug-likeness (QED) is 0.124. The van der Waals surface area contributed by atoms with Gasteiger partial charge >= 0.3 is 0 Å². The Morgan fingerprint density at radius 1 is 1.05 bits per heavy atom. The minimum absolute atomic E-state index is 0. The van der Waals surface area contributed by atoms with Crippen molar-refractivity contribution in [3.8, 4) is 0 Å². The third kappa shape index (κ3) is 18.4. The van der Waals surface area contributed by atoms with Crippen LogP contribution in [0.3, 0.4) is 0 Å². The molecule has 0 aliphatic heterocycles. The van der Waals surface area contributed by atoms with Crippen molar-refractivity contribution in [2.24, 2.45) is 5.73 Å². The standard InChI is InChI=1S/C19H24N6O3S.CH3F.2Ac.2F2/c1-13-9-10-14(25-29(27,28)15-6-3-2-4-7-15)12-17(13)24-18(26)16(20)8-5-11-23-19(21)22;1-2;;;2*1-2/h2-4,6-7,9-10,12,16,20,25H,5,8,11H2,1H3,(H4-,21,22,23,24,26);1H3;;;;/q-2;;;;;/t16-;;;;;/m0...../s1. The number of amides is 1. The number of alkyl halides is 1. The van der Waals surface area contributed by atoms with Crippen LogP contribution in [0.5, 0.6) is 0 Å². The molecule has 2 aromatic carbocycles. The van der Waals surface area contributed by atoms with Crippen LogP contribution < -0.4 is 21.1 Å². The molecule has 37 heavy (non-hydrogen) atoms. The van der Waals surface area contributed by atoms with Crippen molar-refractivity contribution in [2.75, 3.05) is 23.8 Å². The van der Waals surface area contributed by atoms with E-state index in [1.54, 1.807) is 37.3 Å². The van der Waals surface area contributed by atoms with Gasteiger partial charge in [0.1, 0.15) is 0 Å². The molecule has 2 rings (SSSR count). The van der Waals surface area contributed by atoms with Crippen molar-refractivity contribution in [3.63, 3.8) is 0 Å². The molecule has 0 aliphatic carbocycles. The SMILES string of the molecule is CF.Cc1ccc(NS(=O)(=O)c2ccccc2)cc1NC(=O)[C@@H]([NH-])CCCNC(=[N-])N.FF.FF.[Ac].[Ac]. The normalized spacial score (nSPS) is 9.95. The van der Waals surface area contributed by atoms with E-state index in [0.29, 0.717) is 31.5 Å². The molecule has 204 valence electrons. The van der Waals surface area contributed by atoms with Crippen molar-refractivity contribution in [2.45, 2.75) is 30.7 Å². The number of halogens is 5. The first-order chi connectivity index (χ1) is 16.7. The second-order valence-electron chi connectivity index (χ2n) is 6.44. The van der Waals surface area contributed by atoms with Crippen LogP contribution in [0.15, 0.2) is 53.4 Å². The third-order valence-corrected chi connectivity index (χ3v) is 5.49. The molecule has 0 saturated heterocycles. The molecule has 0 fully saturated rings. The number of carbonyl (C=O) groups is 1. The molecule has 6 N–H and O–H groups in total. The molecular weight excluding hydrogens is 953 g/mol. The molecule has 0 bridgehead atoms. The predicted octanol–water partition coefficient (Wildman–Crippen LogP) is 4.68. The van der Waals surface area contributed by atoms with Gasteiger partial charge in [-0.15, -0.1) is 0 Å². The molecule has 17 heteroatoms. The van der Waals surface area contributed by atoms with Crippen molar-refractivity contribution in [1.29, 1.82) is 0 Å². The number of anilines is 2. The maximum Gasteiger partial charge on any atom is 0.261 e. The summed E-state index contributed by atoms with van der Waals surface area (Å²) in [5, 5.41) is 14.0. The van der Waals surface area contributed by atoms with Crippen molar-refractivity contribution in [3.05, 3.63) is 65.2 Å². The van der Waals surface area contributed by atoms with Crippen LogP contribution in [-0.2, 0) is 14.8 Å². The Bertz CT molecular complexity index is 996. The van der Waals surface area contributed by atoms with Crippen LogP contribution in [0.4, 0.5) is 34.1 Å². The number of nitrogens with one attached hydrogen (secondary N) is 4. The number of hydrogen-bond donors (Lipinski definition) is 4. The minimum Gasteiger partial charge on any atom is -0.667 e. The first-order valence-corrected chi connectivity index (χ1v) is 11.1. The zero-order valence-corrected chi connectivity index (χ0v) is 30.3. The topological polar surface area (TPSA) is 159 Å². The molecule has 2 radical (unpaired) electrons. The van der Waals surface area contributed by atoms with E-state index in [1.807, 2.05) is 0 Å². The van der Waals surface area contributed by atoms with Crippen molar-refractivity contribution >= 4 is 33.3 Å². The molecular formula is C20H27Ac2F5N6O3S-2. The zero-order valence-electron chi connectivity index (χ0n) is 20.0. The third-order valence-electron chi connectivity index (χ3n) is 4.09. The van der Waals surface area contributed by atoms with Crippen LogP contribution in [0.1, 0.15) is 18.4 Å². The van der Waals surface area contributed by atoms with Gasteiger partial charge in [0.05, 0.1) is 17.8 Å². The Labute approximate surface area is 284 Å². The number of sulfonamides is 1. The van der Waals surface area contributed by atoms with Crippen molar-refractivity contribution in [1.82, 2.24) is 5.32 Å². The summed E-state index contributed by atoms with van der Waals surface area (Å²) >= 11 is 0. The summed E-state index contributed by atoms with van der Waals surface area (Å²) in [7, 11) is -3.25. The summed E-state index contributed by atoms with van der Waals surface area (Å²) in [4.78, 5) is 12.4.